The zero-order valence-electron chi connectivity index (χ0n) is 21.4. The van der Waals surface area contributed by atoms with Gasteiger partial charge in [0.15, 0.2) is 0 Å². The summed E-state index contributed by atoms with van der Waals surface area (Å²) in [5, 5.41) is 3.14. The Labute approximate surface area is 221 Å². The third kappa shape index (κ3) is 6.15. The number of hydrogen-bond donors (Lipinski definition) is 4. The molecule has 1 heterocycles. The number of benzene rings is 3. The van der Waals surface area contributed by atoms with E-state index in [1.807, 2.05) is 42.5 Å². The quantitative estimate of drug-likeness (QED) is 0.254. The lowest BCUT2D eigenvalue weighted by Gasteiger charge is -2.19. The molecule has 1 aromatic heterocycles. The van der Waals surface area contributed by atoms with E-state index in [9.17, 15) is 18.0 Å². The standard InChI is InChI=1S/C28H30N4O5S/c1-28(2,3)19-9-12-21(13-10-19)38(35,36)32-20-11-14-23-22(17-20)25(18-7-5-4-6-8-18)26(31-23)37-27(34)30-16-15-24(29)33/h4-14,17,31-32H,15-16H2,1-3H3,(H2,29,33)(H,30,34). The minimum atomic E-state index is -3.84. The van der Waals surface area contributed by atoms with Gasteiger partial charge >= 0.3 is 6.09 Å². The zero-order valence-corrected chi connectivity index (χ0v) is 22.2. The molecule has 0 atom stereocenters. The van der Waals surface area contributed by atoms with Gasteiger partial charge in [0.25, 0.3) is 10.0 Å². The number of fused-ring (bicyclic) bond motifs is 1. The summed E-state index contributed by atoms with van der Waals surface area (Å²) in [6, 6.07) is 21.1. The molecule has 9 nitrogen and oxygen atoms in total. The van der Waals surface area contributed by atoms with Gasteiger partial charge in [-0.2, -0.15) is 0 Å². The Balaban J connectivity index is 1.67. The molecule has 0 spiro atoms. The molecule has 10 heteroatoms. The van der Waals surface area contributed by atoms with Gasteiger partial charge in [-0.15, -0.1) is 0 Å². The van der Waals surface area contributed by atoms with E-state index in [0.717, 1.165) is 11.1 Å². The van der Waals surface area contributed by atoms with Crippen LogP contribution in [0.3, 0.4) is 0 Å². The largest absolute Gasteiger partial charge is 0.413 e. The van der Waals surface area contributed by atoms with E-state index >= 15 is 0 Å². The van der Waals surface area contributed by atoms with Gasteiger partial charge < -0.3 is 20.8 Å². The van der Waals surface area contributed by atoms with E-state index in [4.69, 9.17) is 10.5 Å². The highest BCUT2D eigenvalue weighted by Gasteiger charge is 2.21. The van der Waals surface area contributed by atoms with Crippen molar-refractivity contribution in [3.63, 3.8) is 0 Å². The highest BCUT2D eigenvalue weighted by Crippen LogP contribution is 2.39. The normalized spacial score (nSPS) is 11.8. The van der Waals surface area contributed by atoms with Crippen LogP contribution in [-0.2, 0) is 20.2 Å². The number of rotatable bonds is 8. The molecule has 0 aliphatic heterocycles. The molecule has 3 aromatic carbocycles. The summed E-state index contributed by atoms with van der Waals surface area (Å²) < 4.78 is 34.4. The molecule has 5 N–H and O–H groups in total. The third-order valence-corrected chi connectivity index (χ3v) is 7.34. The fourth-order valence-corrected chi connectivity index (χ4v) is 5.01. The Morgan fingerprint density at radius 2 is 1.66 bits per heavy atom. The summed E-state index contributed by atoms with van der Waals surface area (Å²) in [7, 11) is -3.84. The van der Waals surface area contributed by atoms with Crippen LogP contribution in [0.5, 0.6) is 5.88 Å². The number of H-pyrrole nitrogens is 1. The first-order chi connectivity index (χ1) is 17.9. The van der Waals surface area contributed by atoms with Gasteiger partial charge in [0.05, 0.1) is 10.5 Å². The van der Waals surface area contributed by atoms with Gasteiger partial charge in [0, 0.05) is 29.6 Å². The van der Waals surface area contributed by atoms with Gasteiger partial charge in [-0.05, 0) is 46.9 Å². The first-order valence-electron chi connectivity index (χ1n) is 12.0. The van der Waals surface area contributed by atoms with Gasteiger partial charge in [0.2, 0.25) is 11.8 Å². The molecule has 4 rings (SSSR count). The number of nitrogens with two attached hydrogens (primary N) is 1. The molecule has 38 heavy (non-hydrogen) atoms. The van der Waals surface area contributed by atoms with Gasteiger partial charge in [-0.1, -0.05) is 63.2 Å². The number of hydrogen-bond acceptors (Lipinski definition) is 5. The molecule has 0 bridgehead atoms. The molecule has 0 unspecified atom stereocenters. The number of primary amides is 1. The number of carbonyl (C=O) groups is 2. The smallest absolute Gasteiger partial charge is 0.393 e. The van der Waals surface area contributed by atoms with Crippen LogP contribution < -0.4 is 20.5 Å². The van der Waals surface area contributed by atoms with E-state index < -0.39 is 22.0 Å². The fraction of sp³-hybridized carbons (Fsp3) is 0.214. The third-order valence-electron chi connectivity index (χ3n) is 5.94. The number of sulfonamides is 1. The molecule has 0 saturated carbocycles. The fourth-order valence-electron chi connectivity index (χ4n) is 3.96. The number of carbonyl (C=O) groups excluding carboxylic acids is 2. The van der Waals surface area contributed by atoms with Crippen LogP contribution in [0.4, 0.5) is 10.5 Å². The van der Waals surface area contributed by atoms with E-state index in [1.165, 1.54) is 0 Å². The van der Waals surface area contributed by atoms with Crippen molar-refractivity contribution < 1.29 is 22.7 Å². The van der Waals surface area contributed by atoms with E-state index in [0.29, 0.717) is 22.2 Å². The molecule has 4 aromatic rings. The SMILES string of the molecule is CC(C)(C)c1ccc(S(=O)(=O)Nc2ccc3[nH]c(OC(=O)NCCC(N)=O)c(-c4ccccc4)c3c2)cc1. The predicted octanol–water partition coefficient (Wildman–Crippen LogP) is 4.90. The Hall–Kier alpha value is -4.31. The lowest BCUT2D eigenvalue weighted by Crippen LogP contribution is -2.30. The van der Waals surface area contributed by atoms with Crippen LogP contribution in [-0.4, -0.2) is 31.9 Å². The second-order valence-electron chi connectivity index (χ2n) is 9.87. The van der Waals surface area contributed by atoms with Gasteiger partial charge in [-0.25, -0.2) is 13.2 Å². The summed E-state index contributed by atoms with van der Waals surface area (Å²) in [6.45, 7) is 6.23. The van der Waals surface area contributed by atoms with Crippen molar-refractivity contribution >= 4 is 38.6 Å². The Bertz CT molecular complexity index is 1570. The van der Waals surface area contributed by atoms with Crippen molar-refractivity contribution in [2.24, 2.45) is 5.73 Å². The average molecular weight is 535 g/mol. The van der Waals surface area contributed by atoms with Gasteiger partial charge in [-0.3, -0.25) is 9.52 Å². The number of aromatic amines is 1. The van der Waals surface area contributed by atoms with Crippen LogP contribution in [0.25, 0.3) is 22.0 Å². The summed E-state index contributed by atoms with van der Waals surface area (Å²) >= 11 is 0. The summed E-state index contributed by atoms with van der Waals surface area (Å²) in [5.41, 5.74) is 8.39. The number of amides is 2. The highest BCUT2D eigenvalue weighted by molar-refractivity contribution is 7.92. The van der Waals surface area contributed by atoms with E-state index in [1.54, 1.807) is 30.3 Å². The molecule has 0 aliphatic rings. The van der Waals surface area contributed by atoms with Crippen molar-refractivity contribution in [2.45, 2.75) is 37.5 Å². The maximum Gasteiger partial charge on any atom is 0.413 e. The first-order valence-corrected chi connectivity index (χ1v) is 13.5. The van der Waals surface area contributed by atoms with Crippen LogP contribution in [0.1, 0.15) is 32.8 Å². The van der Waals surface area contributed by atoms with E-state index in [2.05, 4.69) is 35.8 Å². The lowest BCUT2D eigenvalue weighted by molar-refractivity contribution is -0.117. The summed E-state index contributed by atoms with van der Waals surface area (Å²) in [4.78, 5) is 26.5. The summed E-state index contributed by atoms with van der Waals surface area (Å²) in [6.07, 6.45) is -0.773. The Morgan fingerprint density at radius 3 is 2.29 bits per heavy atom. The van der Waals surface area contributed by atoms with Crippen molar-refractivity contribution in [3.8, 4) is 17.0 Å². The number of aromatic nitrogens is 1. The number of ether oxygens (including phenoxy) is 1. The zero-order chi connectivity index (χ0) is 27.5. The van der Waals surface area contributed by atoms with Crippen molar-refractivity contribution in [1.29, 1.82) is 0 Å². The topological polar surface area (TPSA) is 143 Å². The molecule has 0 saturated heterocycles. The monoisotopic (exact) mass is 534 g/mol. The van der Waals surface area contributed by atoms with Crippen molar-refractivity contribution in [1.82, 2.24) is 10.3 Å². The number of nitrogens with one attached hydrogen (secondary N) is 3. The summed E-state index contributed by atoms with van der Waals surface area (Å²) in [5.74, 6) is -0.360. The Morgan fingerprint density at radius 1 is 0.974 bits per heavy atom. The van der Waals surface area contributed by atoms with Crippen LogP contribution in [0, 0.1) is 0 Å². The number of anilines is 1. The molecule has 2 amide bonds. The first kappa shape index (κ1) is 26.7. The predicted molar refractivity (Wildman–Crippen MR) is 148 cm³/mol. The lowest BCUT2D eigenvalue weighted by atomic mass is 9.87. The van der Waals surface area contributed by atoms with Crippen molar-refractivity contribution in [2.75, 3.05) is 11.3 Å². The molecule has 198 valence electrons. The van der Waals surface area contributed by atoms with E-state index in [-0.39, 0.29) is 29.2 Å². The van der Waals surface area contributed by atoms with Gasteiger partial charge in [0.1, 0.15) is 0 Å². The highest BCUT2D eigenvalue weighted by atomic mass is 32.2. The second kappa shape index (κ2) is 10.6. The van der Waals surface area contributed by atoms with Crippen molar-refractivity contribution in [3.05, 3.63) is 78.4 Å². The molecule has 0 fully saturated rings. The average Bonchev–Trinajstić information content (AvgIpc) is 3.20. The minimum absolute atomic E-state index is 0.0181. The second-order valence-corrected chi connectivity index (χ2v) is 11.6. The molecule has 0 radical (unpaired) electrons. The molecule has 0 aliphatic carbocycles. The van der Waals surface area contributed by atoms with Crippen LogP contribution >= 0.6 is 0 Å². The maximum atomic E-state index is 13.1. The Kier molecular flexibility index (Phi) is 7.45. The maximum absolute atomic E-state index is 13.1. The van der Waals surface area contributed by atoms with Crippen LogP contribution in [0.15, 0.2) is 77.7 Å². The molecular weight excluding hydrogens is 504 g/mol. The molecular formula is C28H30N4O5S. The van der Waals surface area contributed by atoms with Crippen LogP contribution in [0.2, 0.25) is 0 Å². The minimum Gasteiger partial charge on any atom is -0.393 e.